The van der Waals surface area contributed by atoms with Crippen molar-refractivity contribution in [3.8, 4) is 11.5 Å². The quantitative estimate of drug-likeness (QED) is 0.176. The number of carbonyl (C=O) groups is 2. The summed E-state index contributed by atoms with van der Waals surface area (Å²) in [6.45, 7) is 13.3. The van der Waals surface area contributed by atoms with Gasteiger partial charge in [0.15, 0.2) is 0 Å². The van der Waals surface area contributed by atoms with Crippen LogP contribution >= 0.6 is 0 Å². The van der Waals surface area contributed by atoms with Crippen LogP contribution in [0.15, 0.2) is 121 Å². The molecule has 0 N–H and O–H groups in total. The monoisotopic (exact) mass is 666 g/mol. The van der Waals surface area contributed by atoms with Crippen molar-refractivity contribution in [3.63, 3.8) is 0 Å². The molecule has 0 radical (unpaired) electrons. The fourth-order valence-electron chi connectivity index (χ4n) is 7.69. The molecule has 0 spiro atoms. The summed E-state index contributed by atoms with van der Waals surface area (Å²) in [5.41, 5.74) is 8.14. The average Bonchev–Trinajstić information content (AvgIpc) is 3.71. The van der Waals surface area contributed by atoms with E-state index in [0.29, 0.717) is 28.3 Å². The van der Waals surface area contributed by atoms with Crippen molar-refractivity contribution in [2.75, 3.05) is 4.90 Å². The Morgan fingerprint density at radius 2 is 0.922 bits per heavy atom. The Labute approximate surface area is 296 Å². The summed E-state index contributed by atoms with van der Waals surface area (Å²) in [5.74, 6) is -0.0662. The van der Waals surface area contributed by atoms with Gasteiger partial charge in [0.25, 0.3) is 11.8 Å². The summed E-state index contributed by atoms with van der Waals surface area (Å²) in [5, 5.41) is 4.40. The second kappa shape index (κ2) is 10.7. The van der Waals surface area contributed by atoms with Crippen LogP contribution in [-0.4, -0.2) is 25.9 Å². The van der Waals surface area contributed by atoms with Crippen molar-refractivity contribution in [3.05, 3.63) is 144 Å². The maximum Gasteiger partial charge on any atom is 0.266 e. The zero-order valence-corrected chi connectivity index (χ0v) is 29.7. The van der Waals surface area contributed by atoms with Crippen LogP contribution in [0.5, 0.6) is 0 Å². The number of fused-ring (bicyclic) bond motifs is 7. The Morgan fingerprint density at radius 3 is 1.45 bits per heavy atom. The summed E-state index contributed by atoms with van der Waals surface area (Å²) in [7, 11) is 0. The first-order chi connectivity index (χ1) is 24.4. The van der Waals surface area contributed by atoms with Crippen LogP contribution in [0.3, 0.4) is 0 Å². The minimum Gasteiger partial charge on any atom is -0.306 e. The van der Waals surface area contributed by atoms with Crippen LogP contribution in [-0.2, 0) is 10.8 Å². The maximum absolute atomic E-state index is 14.3. The van der Waals surface area contributed by atoms with Crippen LogP contribution in [0.1, 0.15) is 73.4 Å². The number of nitrogens with zero attached hydrogens (tertiary/aromatic N) is 4. The first-order valence-corrected chi connectivity index (χ1v) is 17.5. The van der Waals surface area contributed by atoms with Gasteiger partial charge in [-0.1, -0.05) is 114 Å². The Kier molecular flexibility index (Phi) is 6.53. The molecular weight excluding hydrogens is 629 g/mol. The van der Waals surface area contributed by atoms with Crippen molar-refractivity contribution >= 4 is 61.1 Å². The van der Waals surface area contributed by atoms with Gasteiger partial charge in [-0.3, -0.25) is 14.2 Å². The van der Waals surface area contributed by atoms with Crippen LogP contribution in [0, 0.1) is 0 Å². The first kappa shape index (κ1) is 31.0. The van der Waals surface area contributed by atoms with Crippen molar-refractivity contribution in [1.29, 1.82) is 0 Å². The molecule has 0 saturated carbocycles. The van der Waals surface area contributed by atoms with Gasteiger partial charge in [-0.15, -0.1) is 0 Å². The van der Waals surface area contributed by atoms with Crippen molar-refractivity contribution < 1.29 is 9.59 Å². The molecule has 1 aliphatic rings. The molecule has 6 heteroatoms. The first-order valence-electron chi connectivity index (χ1n) is 17.5. The van der Waals surface area contributed by atoms with Gasteiger partial charge in [-0.25, -0.2) is 9.88 Å². The number of anilines is 1. The molecule has 0 fully saturated rings. The van der Waals surface area contributed by atoms with Gasteiger partial charge < -0.3 is 4.57 Å². The number of hydrogen-bond acceptors (Lipinski definition) is 3. The van der Waals surface area contributed by atoms with Gasteiger partial charge in [0.1, 0.15) is 5.82 Å². The Bertz CT molecular complexity index is 2730. The van der Waals surface area contributed by atoms with E-state index in [2.05, 4.69) is 117 Å². The molecule has 9 rings (SSSR count). The fraction of sp³-hybridized carbons (Fsp3) is 0.178. The van der Waals surface area contributed by atoms with E-state index in [1.165, 1.54) is 16.0 Å². The third-order valence-electron chi connectivity index (χ3n) is 10.4. The standard InChI is InChI=1S/C45H38N4O2/c1-44(2,3)27-19-21-31-29-13-9-11-17-35(29)47(37(31)23-27)40-26-46-41(25-39(40)49-42(50)33-15-7-8-16-34(33)43(49)51)48-36-18-12-10-14-30(36)32-22-20-28(24-38(32)48)45(4,5)6/h7-26H,1-6H3. The molecule has 0 saturated heterocycles. The van der Waals surface area contributed by atoms with E-state index in [-0.39, 0.29) is 22.6 Å². The van der Waals surface area contributed by atoms with Gasteiger partial charge in [-0.2, -0.15) is 0 Å². The van der Waals surface area contributed by atoms with Crippen LogP contribution in [0.4, 0.5) is 5.69 Å². The third-order valence-corrected chi connectivity index (χ3v) is 10.4. The molecule has 6 nitrogen and oxygen atoms in total. The summed E-state index contributed by atoms with van der Waals surface area (Å²) < 4.78 is 4.33. The second-order valence-electron chi connectivity index (χ2n) is 15.7. The van der Waals surface area contributed by atoms with E-state index < -0.39 is 0 Å². The number of para-hydroxylation sites is 2. The highest BCUT2D eigenvalue weighted by molar-refractivity contribution is 6.35. The lowest BCUT2D eigenvalue weighted by atomic mass is 9.86. The van der Waals surface area contributed by atoms with Gasteiger partial charge in [0, 0.05) is 27.6 Å². The van der Waals surface area contributed by atoms with Crippen LogP contribution in [0.2, 0.25) is 0 Å². The largest absolute Gasteiger partial charge is 0.306 e. The van der Waals surface area contributed by atoms with Crippen LogP contribution in [0.25, 0.3) is 55.1 Å². The van der Waals surface area contributed by atoms with Crippen molar-refractivity contribution in [2.45, 2.75) is 52.4 Å². The minimum absolute atomic E-state index is 0.0689. The zero-order chi connectivity index (χ0) is 35.4. The Hall–Kier alpha value is -6.01. The van der Waals surface area contributed by atoms with Gasteiger partial charge in [-0.05, 0) is 58.4 Å². The zero-order valence-electron chi connectivity index (χ0n) is 29.7. The molecule has 0 unspecified atom stereocenters. The summed E-state index contributed by atoms with van der Waals surface area (Å²) in [6, 6.07) is 38.8. The predicted octanol–water partition coefficient (Wildman–Crippen LogP) is 10.7. The summed E-state index contributed by atoms with van der Waals surface area (Å²) >= 11 is 0. The fourth-order valence-corrected chi connectivity index (χ4v) is 7.69. The number of benzene rings is 5. The molecule has 0 bridgehead atoms. The number of hydrogen-bond donors (Lipinski definition) is 0. The van der Waals surface area contributed by atoms with Crippen molar-refractivity contribution in [1.82, 2.24) is 14.1 Å². The third kappa shape index (κ3) is 4.59. The summed E-state index contributed by atoms with van der Waals surface area (Å²) in [6.07, 6.45) is 1.83. The highest BCUT2D eigenvalue weighted by Gasteiger charge is 2.38. The lowest BCUT2D eigenvalue weighted by molar-refractivity contribution is 0.0926. The van der Waals surface area contributed by atoms with E-state index in [0.717, 1.165) is 43.6 Å². The predicted molar refractivity (Wildman–Crippen MR) is 208 cm³/mol. The summed E-state index contributed by atoms with van der Waals surface area (Å²) in [4.78, 5) is 35.1. The normalized spacial score (nSPS) is 13.7. The van der Waals surface area contributed by atoms with E-state index >= 15 is 0 Å². The number of pyridine rings is 1. The average molecular weight is 667 g/mol. The number of aromatic nitrogens is 3. The number of carbonyl (C=O) groups excluding carboxylic acids is 2. The molecule has 1 aliphatic heterocycles. The van der Waals surface area contributed by atoms with E-state index in [9.17, 15) is 9.59 Å². The lowest BCUT2D eigenvalue weighted by Crippen LogP contribution is -2.30. The molecule has 51 heavy (non-hydrogen) atoms. The smallest absolute Gasteiger partial charge is 0.266 e. The Morgan fingerprint density at radius 1 is 0.471 bits per heavy atom. The maximum atomic E-state index is 14.3. The molecule has 0 atom stereocenters. The Balaban J connectivity index is 1.38. The molecule has 5 aromatic carbocycles. The second-order valence-corrected chi connectivity index (χ2v) is 15.7. The molecule has 0 aliphatic carbocycles. The molecule has 2 amide bonds. The van der Waals surface area contributed by atoms with E-state index in [1.54, 1.807) is 24.3 Å². The molecular formula is C45H38N4O2. The number of amides is 2. The SMILES string of the molecule is CC(C)(C)c1ccc2c3ccccc3n(-c3cc(N4C(=O)c5ccccc5C4=O)c(-n4c5ccccc5c5ccc(C(C)(C)C)cc54)cn3)c2c1. The molecule has 4 heterocycles. The topological polar surface area (TPSA) is 60.1 Å². The van der Waals surface area contributed by atoms with Gasteiger partial charge in [0.05, 0.1) is 50.8 Å². The highest BCUT2D eigenvalue weighted by atomic mass is 16.2. The molecule has 250 valence electrons. The van der Waals surface area contributed by atoms with Gasteiger partial charge in [0.2, 0.25) is 0 Å². The highest BCUT2D eigenvalue weighted by Crippen LogP contribution is 2.41. The van der Waals surface area contributed by atoms with Crippen molar-refractivity contribution in [2.24, 2.45) is 0 Å². The number of imide groups is 1. The molecule has 3 aromatic heterocycles. The lowest BCUT2D eigenvalue weighted by Gasteiger charge is -2.23. The number of rotatable bonds is 3. The molecule has 8 aromatic rings. The van der Waals surface area contributed by atoms with E-state index in [4.69, 9.17) is 4.98 Å². The van der Waals surface area contributed by atoms with Crippen LogP contribution < -0.4 is 4.90 Å². The minimum atomic E-state index is -0.345. The van der Waals surface area contributed by atoms with E-state index in [1.807, 2.05) is 30.5 Å². The van der Waals surface area contributed by atoms with Gasteiger partial charge >= 0.3 is 0 Å².